The first kappa shape index (κ1) is 5.93. The normalized spacial score (nSPS) is 24.0. The first-order chi connectivity index (χ1) is 4.00. The lowest BCUT2D eigenvalue weighted by atomic mass is 10.5. The Labute approximate surface area is 46.2 Å². The molecule has 0 aliphatic carbocycles. The molecule has 1 aliphatic rings. The highest BCUT2D eigenvalue weighted by molar-refractivity contribution is 4.32. The van der Waals surface area contributed by atoms with Gasteiger partial charge in [-0.2, -0.15) is 5.48 Å². The first-order valence-electron chi connectivity index (χ1n) is 2.35. The van der Waals surface area contributed by atoms with Gasteiger partial charge in [-0.15, -0.1) is 4.99 Å². The van der Waals surface area contributed by atoms with Crippen molar-refractivity contribution in [3.8, 4) is 0 Å². The van der Waals surface area contributed by atoms with E-state index in [2.05, 4.69) is 25.4 Å². The summed E-state index contributed by atoms with van der Waals surface area (Å²) in [6, 6.07) is 0. The van der Waals surface area contributed by atoms with Crippen LogP contribution in [0.3, 0.4) is 0 Å². The lowest BCUT2D eigenvalue weighted by Gasteiger charge is -2.06. The highest BCUT2D eigenvalue weighted by Gasteiger charge is 1.96. The van der Waals surface area contributed by atoms with Crippen molar-refractivity contribution in [2.24, 2.45) is 0 Å². The molecule has 5 heteroatoms. The van der Waals surface area contributed by atoms with Gasteiger partial charge in [-0.05, 0) is 16.5 Å². The summed E-state index contributed by atoms with van der Waals surface area (Å²) in [6.07, 6.45) is 0.837. The summed E-state index contributed by atoms with van der Waals surface area (Å²) >= 11 is 0. The fourth-order valence-electron chi connectivity index (χ4n) is 0.337. The van der Waals surface area contributed by atoms with Crippen molar-refractivity contribution in [3.63, 3.8) is 0 Å². The van der Waals surface area contributed by atoms with E-state index < -0.39 is 0 Å². The molecule has 1 rings (SSSR count). The van der Waals surface area contributed by atoms with E-state index in [0.29, 0.717) is 13.2 Å². The molecule has 5 nitrogen and oxygen atoms in total. The molecule has 1 heterocycles. The quantitative estimate of drug-likeness (QED) is 0.446. The zero-order valence-electron chi connectivity index (χ0n) is 4.25. The van der Waals surface area contributed by atoms with Crippen LogP contribution in [0, 0.1) is 0 Å². The Kier molecular flexibility index (Phi) is 2.79. The van der Waals surface area contributed by atoms with E-state index in [1.54, 1.807) is 0 Å². The van der Waals surface area contributed by atoms with Gasteiger partial charge in [-0.25, -0.2) is 4.89 Å². The minimum absolute atomic E-state index is 0.510. The van der Waals surface area contributed by atoms with E-state index in [0.717, 1.165) is 6.42 Å². The van der Waals surface area contributed by atoms with E-state index in [1.165, 1.54) is 0 Å². The van der Waals surface area contributed by atoms with Crippen molar-refractivity contribution in [1.29, 1.82) is 0 Å². The fourth-order valence-corrected chi connectivity index (χ4v) is 0.337. The van der Waals surface area contributed by atoms with Crippen LogP contribution in [0.4, 0.5) is 0 Å². The van der Waals surface area contributed by atoms with Crippen molar-refractivity contribution < 1.29 is 20.0 Å². The van der Waals surface area contributed by atoms with Crippen LogP contribution in [-0.4, -0.2) is 13.2 Å². The standard InChI is InChI=1S/C3H7NO4/c1-2-4-6-8-7-5-3-1/h4H,1-3H2. The largest absolute Gasteiger partial charge is 0.204 e. The lowest BCUT2D eigenvalue weighted by molar-refractivity contribution is -0.651. The molecule has 0 spiro atoms. The second-order valence-electron chi connectivity index (χ2n) is 1.29. The Morgan fingerprint density at radius 1 is 1.25 bits per heavy atom. The zero-order chi connectivity index (χ0) is 5.66. The van der Waals surface area contributed by atoms with E-state index in [9.17, 15) is 0 Å². The summed E-state index contributed by atoms with van der Waals surface area (Å²) in [7, 11) is 0. The van der Waals surface area contributed by atoms with Gasteiger partial charge in [0.25, 0.3) is 0 Å². The summed E-state index contributed by atoms with van der Waals surface area (Å²) < 4.78 is 0. The molecule has 0 aromatic rings. The molecular weight excluding hydrogens is 114 g/mol. The minimum Gasteiger partial charge on any atom is -0.204 e. The predicted molar refractivity (Wildman–Crippen MR) is 21.8 cm³/mol. The number of rotatable bonds is 0. The van der Waals surface area contributed by atoms with Crippen molar-refractivity contribution in [3.05, 3.63) is 0 Å². The van der Waals surface area contributed by atoms with Crippen molar-refractivity contribution in [1.82, 2.24) is 5.48 Å². The Morgan fingerprint density at radius 3 is 3.25 bits per heavy atom. The van der Waals surface area contributed by atoms with Crippen LogP contribution in [-0.2, 0) is 20.0 Å². The third-order valence-electron chi connectivity index (χ3n) is 0.675. The molecular formula is C3H7NO4. The third-order valence-corrected chi connectivity index (χ3v) is 0.675. The first-order valence-corrected chi connectivity index (χ1v) is 2.35. The molecule has 0 radical (unpaired) electrons. The van der Waals surface area contributed by atoms with Gasteiger partial charge in [0, 0.05) is 6.54 Å². The number of hydrogen-bond acceptors (Lipinski definition) is 5. The summed E-state index contributed by atoms with van der Waals surface area (Å²) in [4.78, 5) is 8.56. The molecule has 0 unspecified atom stereocenters. The summed E-state index contributed by atoms with van der Waals surface area (Å²) in [5.41, 5.74) is 2.46. The molecule has 1 fully saturated rings. The molecule has 0 bridgehead atoms. The zero-order valence-corrected chi connectivity index (χ0v) is 4.25. The molecule has 0 saturated carbocycles. The second kappa shape index (κ2) is 3.76. The number of nitrogens with one attached hydrogen (secondary N) is 1. The Bertz CT molecular complexity index is 35.2. The summed E-state index contributed by atoms with van der Waals surface area (Å²) in [6.45, 7) is 1.21. The van der Waals surface area contributed by atoms with E-state index in [1.807, 2.05) is 0 Å². The highest BCUT2D eigenvalue weighted by Crippen LogP contribution is 1.88. The Morgan fingerprint density at radius 2 is 2.25 bits per heavy atom. The lowest BCUT2D eigenvalue weighted by Crippen LogP contribution is -2.21. The van der Waals surface area contributed by atoms with Gasteiger partial charge in [-0.3, -0.25) is 0 Å². The van der Waals surface area contributed by atoms with Gasteiger partial charge >= 0.3 is 0 Å². The van der Waals surface area contributed by atoms with Crippen LogP contribution in [0.2, 0.25) is 0 Å². The maximum Gasteiger partial charge on any atom is 0.0867 e. The topological polar surface area (TPSA) is 49.0 Å². The van der Waals surface area contributed by atoms with Gasteiger partial charge in [0.15, 0.2) is 0 Å². The van der Waals surface area contributed by atoms with Crippen LogP contribution < -0.4 is 5.48 Å². The van der Waals surface area contributed by atoms with Crippen LogP contribution in [0.1, 0.15) is 6.42 Å². The maximum absolute atomic E-state index is 4.39. The highest BCUT2D eigenvalue weighted by atomic mass is 17.7. The van der Waals surface area contributed by atoms with Gasteiger partial charge < -0.3 is 0 Å². The third kappa shape index (κ3) is 2.20. The van der Waals surface area contributed by atoms with Crippen LogP contribution in [0.25, 0.3) is 0 Å². The smallest absolute Gasteiger partial charge is 0.0867 e. The molecule has 0 atom stereocenters. The van der Waals surface area contributed by atoms with Crippen LogP contribution >= 0.6 is 0 Å². The van der Waals surface area contributed by atoms with E-state index >= 15 is 0 Å². The molecule has 1 saturated heterocycles. The molecule has 1 N–H and O–H groups in total. The van der Waals surface area contributed by atoms with Gasteiger partial charge in [0.1, 0.15) is 0 Å². The van der Waals surface area contributed by atoms with Crippen molar-refractivity contribution >= 4 is 0 Å². The summed E-state index contributed by atoms with van der Waals surface area (Å²) in [5.74, 6) is 0. The van der Waals surface area contributed by atoms with Gasteiger partial charge in [0.2, 0.25) is 0 Å². The Balaban J connectivity index is 2.00. The molecule has 8 heavy (non-hydrogen) atoms. The predicted octanol–water partition coefficient (Wildman–Crippen LogP) is -0.294. The number of hydrogen-bond donors (Lipinski definition) is 1. The van der Waals surface area contributed by atoms with Crippen LogP contribution in [0.5, 0.6) is 0 Å². The van der Waals surface area contributed by atoms with Gasteiger partial charge in [0.05, 0.1) is 6.61 Å². The van der Waals surface area contributed by atoms with Crippen molar-refractivity contribution in [2.75, 3.05) is 13.2 Å². The molecule has 48 valence electrons. The van der Waals surface area contributed by atoms with Gasteiger partial charge in [-0.1, -0.05) is 0 Å². The van der Waals surface area contributed by atoms with E-state index in [-0.39, 0.29) is 0 Å². The fraction of sp³-hybridized carbons (Fsp3) is 1.00. The Hall–Kier alpha value is -0.200. The maximum atomic E-state index is 4.39. The summed E-state index contributed by atoms with van der Waals surface area (Å²) in [5, 5.41) is 7.93. The van der Waals surface area contributed by atoms with Crippen LogP contribution in [0.15, 0.2) is 0 Å². The SMILES string of the molecule is C1CNOOOOC1. The minimum atomic E-state index is 0.510. The monoisotopic (exact) mass is 121 g/mol. The second-order valence-corrected chi connectivity index (χ2v) is 1.29. The van der Waals surface area contributed by atoms with Crippen molar-refractivity contribution in [2.45, 2.75) is 6.42 Å². The van der Waals surface area contributed by atoms with E-state index in [4.69, 9.17) is 0 Å². The molecule has 0 aromatic heterocycles. The number of hydroxylamine groups is 1. The average molecular weight is 121 g/mol. The molecule has 0 aromatic carbocycles. The molecule has 1 aliphatic heterocycles. The average Bonchev–Trinajstić information content (AvgIpc) is 1.62. The molecule has 0 amide bonds.